The van der Waals surface area contributed by atoms with E-state index in [2.05, 4.69) is 9.97 Å². The molecule has 2 N–H and O–H groups in total. The maximum absolute atomic E-state index is 5.71. The summed E-state index contributed by atoms with van der Waals surface area (Å²) in [5.41, 5.74) is 7.79. The highest BCUT2D eigenvalue weighted by molar-refractivity contribution is 5.51. The molecule has 2 rings (SSSR count). The fraction of sp³-hybridized carbons (Fsp3) is 0.333. The molecule has 0 saturated heterocycles. The summed E-state index contributed by atoms with van der Waals surface area (Å²) in [5.74, 6) is 1.35. The molecule has 0 spiro atoms. The summed E-state index contributed by atoms with van der Waals surface area (Å²) in [4.78, 5) is 8.55. The summed E-state index contributed by atoms with van der Waals surface area (Å²) in [6.45, 7) is 3.93. The Hall–Kier alpha value is -1.68. The van der Waals surface area contributed by atoms with Crippen molar-refractivity contribution >= 4 is 0 Å². The minimum Gasteiger partial charge on any atom is -0.461 e. The van der Waals surface area contributed by atoms with E-state index in [9.17, 15) is 0 Å². The van der Waals surface area contributed by atoms with Gasteiger partial charge in [-0.2, -0.15) is 0 Å². The maximum atomic E-state index is 5.71. The predicted molar refractivity (Wildman–Crippen MR) is 61.8 cm³/mol. The fourth-order valence-electron chi connectivity index (χ4n) is 1.55. The second-order valence-corrected chi connectivity index (χ2v) is 4.03. The van der Waals surface area contributed by atoms with Crippen LogP contribution in [0, 0.1) is 6.92 Å². The van der Waals surface area contributed by atoms with E-state index in [1.165, 1.54) is 0 Å². The highest BCUT2D eigenvalue weighted by Gasteiger charge is 2.08. The quantitative estimate of drug-likeness (QED) is 0.853. The van der Waals surface area contributed by atoms with Crippen molar-refractivity contribution in [3.8, 4) is 11.6 Å². The van der Waals surface area contributed by atoms with Gasteiger partial charge in [0, 0.05) is 18.4 Å². The first-order valence-electron chi connectivity index (χ1n) is 5.28. The van der Waals surface area contributed by atoms with Gasteiger partial charge >= 0.3 is 0 Å². The molecular formula is C12H15N3O. The Morgan fingerprint density at radius 1 is 1.38 bits per heavy atom. The second-order valence-electron chi connectivity index (χ2n) is 4.03. The van der Waals surface area contributed by atoms with Gasteiger partial charge in [0.2, 0.25) is 0 Å². The van der Waals surface area contributed by atoms with Crippen LogP contribution in [-0.2, 0) is 6.42 Å². The summed E-state index contributed by atoms with van der Waals surface area (Å²) < 4.78 is 5.32. The van der Waals surface area contributed by atoms with Gasteiger partial charge in [-0.1, -0.05) is 0 Å². The molecule has 1 atom stereocenters. The van der Waals surface area contributed by atoms with Crippen molar-refractivity contribution in [3.63, 3.8) is 0 Å². The minimum atomic E-state index is 0.125. The van der Waals surface area contributed by atoms with Gasteiger partial charge in [0.05, 0.1) is 6.26 Å². The first-order valence-corrected chi connectivity index (χ1v) is 5.28. The number of aryl methyl sites for hydroxylation is 1. The predicted octanol–water partition coefficient (Wildman–Crippen LogP) is 1.93. The van der Waals surface area contributed by atoms with E-state index in [4.69, 9.17) is 10.2 Å². The van der Waals surface area contributed by atoms with Gasteiger partial charge in [-0.15, -0.1) is 0 Å². The van der Waals surface area contributed by atoms with Gasteiger partial charge in [0.25, 0.3) is 0 Å². The van der Waals surface area contributed by atoms with Crippen LogP contribution >= 0.6 is 0 Å². The van der Waals surface area contributed by atoms with E-state index in [1.807, 2.05) is 19.9 Å². The lowest BCUT2D eigenvalue weighted by Gasteiger charge is -2.04. The first kappa shape index (κ1) is 10.8. The molecule has 84 valence electrons. The Morgan fingerprint density at radius 3 is 2.56 bits per heavy atom. The van der Waals surface area contributed by atoms with Crippen LogP contribution in [0.3, 0.4) is 0 Å². The molecule has 0 bridgehead atoms. The van der Waals surface area contributed by atoms with Crippen molar-refractivity contribution in [1.29, 1.82) is 0 Å². The summed E-state index contributed by atoms with van der Waals surface area (Å²) in [6.07, 6.45) is 6.03. The molecule has 2 aromatic rings. The molecule has 2 heterocycles. The van der Waals surface area contributed by atoms with Crippen molar-refractivity contribution in [1.82, 2.24) is 9.97 Å². The molecule has 0 amide bonds. The summed E-state index contributed by atoms with van der Waals surface area (Å²) in [5, 5.41) is 0. The van der Waals surface area contributed by atoms with Gasteiger partial charge in [0.1, 0.15) is 0 Å². The average Bonchev–Trinajstić information content (AvgIpc) is 2.65. The number of hydrogen-bond donors (Lipinski definition) is 1. The summed E-state index contributed by atoms with van der Waals surface area (Å²) in [7, 11) is 0. The third-order valence-electron chi connectivity index (χ3n) is 2.33. The SMILES string of the molecule is Cc1ccoc1-c1ncc(CC(C)N)cn1. The van der Waals surface area contributed by atoms with E-state index < -0.39 is 0 Å². The molecule has 1 unspecified atom stereocenters. The zero-order chi connectivity index (χ0) is 11.5. The summed E-state index contributed by atoms with van der Waals surface area (Å²) >= 11 is 0. The van der Waals surface area contributed by atoms with Crippen molar-refractivity contribution in [2.24, 2.45) is 5.73 Å². The number of aromatic nitrogens is 2. The van der Waals surface area contributed by atoms with Crippen molar-refractivity contribution < 1.29 is 4.42 Å². The fourth-order valence-corrected chi connectivity index (χ4v) is 1.55. The van der Waals surface area contributed by atoms with E-state index in [0.29, 0.717) is 5.82 Å². The van der Waals surface area contributed by atoms with Crippen LogP contribution in [0.25, 0.3) is 11.6 Å². The molecule has 0 saturated carbocycles. The molecule has 0 aliphatic heterocycles. The number of furan rings is 1. The number of nitrogens with zero attached hydrogens (tertiary/aromatic N) is 2. The molecule has 4 heteroatoms. The highest BCUT2D eigenvalue weighted by atomic mass is 16.3. The standard InChI is InChI=1S/C12H15N3O/c1-8-3-4-16-11(8)12-14-6-10(7-15-12)5-9(2)13/h3-4,6-7,9H,5,13H2,1-2H3. The first-order chi connectivity index (χ1) is 7.66. The Labute approximate surface area is 94.5 Å². The van der Waals surface area contributed by atoms with Crippen molar-refractivity contribution in [2.75, 3.05) is 0 Å². The van der Waals surface area contributed by atoms with Crippen LogP contribution < -0.4 is 5.73 Å². The summed E-state index contributed by atoms with van der Waals surface area (Å²) in [6, 6.07) is 2.02. The third-order valence-corrected chi connectivity index (χ3v) is 2.33. The maximum Gasteiger partial charge on any atom is 0.195 e. The normalized spacial score (nSPS) is 12.7. The lowest BCUT2D eigenvalue weighted by Crippen LogP contribution is -2.18. The van der Waals surface area contributed by atoms with Crippen molar-refractivity contribution in [3.05, 3.63) is 35.9 Å². The molecule has 2 aromatic heterocycles. The van der Waals surface area contributed by atoms with Gasteiger partial charge in [-0.25, -0.2) is 9.97 Å². The van der Waals surface area contributed by atoms with Gasteiger partial charge in [0.15, 0.2) is 11.6 Å². The Bertz CT molecular complexity index is 459. The number of hydrogen-bond acceptors (Lipinski definition) is 4. The molecule has 4 nitrogen and oxygen atoms in total. The molecule has 0 radical (unpaired) electrons. The zero-order valence-corrected chi connectivity index (χ0v) is 9.47. The molecule has 0 aromatic carbocycles. The van der Waals surface area contributed by atoms with Crippen LogP contribution in [-0.4, -0.2) is 16.0 Å². The second kappa shape index (κ2) is 4.45. The lowest BCUT2D eigenvalue weighted by molar-refractivity contribution is 0.575. The van der Waals surface area contributed by atoms with Gasteiger partial charge in [-0.05, 0) is 37.5 Å². The zero-order valence-electron chi connectivity index (χ0n) is 9.47. The molecule has 16 heavy (non-hydrogen) atoms. The molecular weight excluding hydrogens is 202 g/mol. The lowest BCUT2D eigenvalue weighted by atomic mass is 10.1. The Balaban J connectivity index is 2.23. The number of rotatable bonds is 3. The largest absolute Gasteiger partial charge is 0.461 e. The minimum absolute atomic E-state index is 0.125. The monoisotopic (exact) mass is 217 g/mol. The average molecular weight is 217 g/mol. The Morgan fingerprint density at radius 2 is 2.06 bits per heavy atom. The van der Waals surface area contributed by atoms with E-state index in [0.717, 1.165) is 23.3 Å². The molecule has 0 aliphatic carbocycles. The van der Waals surface area contributed by atoms with Gasteiger partial charge in [-0.3, -0.25) is 0 Å². The molecule has 0 aliphatic rings. The van der Waals surface area contributed by atoms with E-state index in [-0.39, 0.29) is 6.04 Å². The Kier molecular flexibility index (Phi) is 3.01. The smallest absolute Gasteiger partial charge is 0.195 e. The van der Waals surface area contributed by atoms with Crippen LogP contribution in [0.15, 0.2) is 29.1 Å². The van der Waals surface area contributed by atoms with Crippen LogP contribution in [0.5, 0.6) is 0 Å². The third kappa shape index (κ3) is 2.28. The van der Waals surface area contributed by atoms with Gasteiger partial charge < -0.3 is 10.2 Å². The van der Waals surface area contributed by atoms with Crippen LogP contribution in [0.2, 0.25) is 0 Å². The van der Waals surface area contributed by atoms with Crippen LogP contribution in [0.1, 0.15) is 18.1 Å². The van der Waals surface area contributed by atoms with E-state index >= 15 is 0 Å². The molecule has 0 fully saturated rings. The van der Waals surface area contributed by atoms with Crippen molar-refractivity contribution in [2.45, 2.75) is 26.3 Å². The highest BCUT2D eigenvalue weighted by Crippen LogP contribution is 2.19. The topological polar surface area (TPSA) is 64.9 Å². The van der Waals surface area contributed by atoms with E-state index in [1.54, 1.807) is 18.7 Å². The number of nitrogens with two attached hydrogens (primary N) is 1. The van der Waals surface area contributed by atoms with Crippen LogP contribution in [0.4, 0.5) is 0 Å².